The lowest BCUT2D eigenvalue weighted by atomic mass is 9.96. The van der Waals surface area contributed by atoms with Crippen molar-refractivity contribution in [1.82, 2.24) is 9.21 Å². The molecule has 1 aliphatic rings. The Labute approximate surface area is 216 Å². The monoisotopic (exact) mass is 506 g/mol. The van der Waals surface area contributed by atoms with Crippen molar-refractivity contribution < 1.29 is 13.2 Å². The van der Waals surface area contributed by atoms with Crippen molar-refractivity contribution in [2.75, 3.05) is 32.8 Å². The zero-order valence-electron chi connectivity index (χ0n) is 21.6. The summed E-state index contributed by atoms with van der Waals surface area (Å²) in [5, 5.41) is 0. The number of rotatable bonds is 10. The zero-order chi connectivity index (χ0) is 25.5. The first-order valence-electron chi connectivity index (χ1n) is 13.0. The Morgan fingerprint density at radius 3 is 1.94 bits per heavy atom. The predicted octanol–water partition coefficient (Wildman–Crippen LogP) is 6.08. The minimum Gasteiger partial charge on any atom is -0.493 e. The number of sulfonamides is 1. The largest absolute Gasteiger partial charge is 0.493 e. The van der Waals surface area contributed by atoms with Crippen LogP contribution in [0.25, 0.3) is 0 Å². The lowest BCUT2D eigenvalue weighted by molar-refractivity contribution is 0.156. The van der Waals surface area contributed by atoms with Gasteiger partial charge in [-0.25, -0.2) is 8.42 Å². The molecule has 1 fully saturated rings. The number of benzene rings is 3. The Bertz CT molecular complexity index is 1170. The molecule has 1 heterocycles. The molecule has 4 rings (SSSR count). The van der Waals surface area contributed by atoms with E-state index in [-0.39, 0.29) is 12.0 Å². The van der Waals surface area contributed by atoms with Gasteiger partial charge < -0.3 is 4.74 Å². The first-order chi connectivity index (χ1) is 17.4. The number of hydrogen-bond donors (Lipinski definition) is 0. The molecule has 36 heavy (non-hydrogen) atoms. The van der Waals surface area contributed by atoms with Crippen molar-refractivity contribution in [2.45, 2.75) is 50.5 Å². The van der Waals surface area contributed by atoms with Gasteiger partial charge in [0.1, 0.15) is 5.75 Å². The van der Waals surface area contributed by atoms with E-state index in [0.717, 1.165) is 24.2 Å². The van der Waals surface area contributed by atoms with E-state index >= 15 is 0 Å². The molecule has 0 aliphatic carbocycles. The molecule has 6 heteroatoms. The van der Waals surface area contributed by atoms with Crippen LogP contribution in [0.15, 0.2) is 83.8 Å². The molecule has 0 atom stereocenters. The van der Waals surface area contributed by atoms with E-state index in [1.807, 2.05) is 24.3 Å². The summed E-state index contributed by atoms with van der Waals surface area (Å²) in [6.07, 6.45) is 2.04. The van der Waals surface area contributed by atoms with Crippen molar-refractivity contribution in [1.29, 1.82) is 0 Å². The number of unbranched alkanes of at least 4 members (excludes halogenated alkanes) is 1. The van der Waals surface area contributed by atoms with Gasteiger partial charge in [-0.05, 0) is 47.2 Å². The van der Waals surface area contributed by atoms with Crippen LogP contribution in [0.1, 0.15) is 62.3 Å². The van der Waals surface area contributed by atoms with Gasteiger partial charge >= 0.3 is 0 Å². The molecule has 0 aromatic heterocycles. The second kappa shape index (κ2) is 12.0. The average molecular weight is 507 g/mol. The van der Waals surface area contributed by atoms with Crippen molar-refractivity contribution in [3.8, 4) is 5.75 Å². The van der Waals surface area contributed by atoms with E-state index in [0.29, 0.717) is 37.7 Å². The second-order valence-corrected chi connectivity index (χ2v) is 11.7. The van der Waals surface area contributed by atoms with Gasteiger partial charge in [0.25, 0.3) is 0 Å². The topological polar surface area (TPSA) is 49.9 Å². The molecule has 0 bridgehead atoms. The average Bonchev–Trinajstić information content (AvgIpc) is 2.90. The smallest absolute Gasteiger partial charge is 0.243 e. The summed E-state index contributed by atoms with van der Waals surface area (Å²) in [5.41, 5.74) is 3.39. The van der Waals surface area contributed by atoms with Crippen molar-refractivity contribution in [2.24, 2.45) is 0 Å². The van der Waals surface area contributed by atoms with Gasteiger partial charge in [-0.15, -0.1) is 0 Å². The number of hydrogen-bond acceptors (Lipinski definition) is 4. The number of piperazine rings is 1. The van der Waals surface area contributed by atoms with E-state index in [2.05, 4.69) is 74.2 Å². The van der Waals surface area contributed by atoms with Crippen LogP contribution in [0.4, 0.5) is 0 Å². The molecule has 0 saturated carbocycles. The summed E-state index contributed by atoms with van der Waals surface area (Å²) in [7, 11) is -3.59. The molecule has 3 aromatic rings. The molecule has 0 N–H and O–H groups in total. The minimum absolute atomic E-state index is 0.101. The fraction of sp³-hybridized carbons (Fsp3) is 0.400. The van der Waals surface area contributed by atoms with E-state index in [1.165, 1.54) is 11.1 Å². The van der Waals surface area contributed by atoms with Gasteiger partial charge in [0.2, 0.25) is 10.0 Å². The van der Waals surface area contributed by atoms with Gasteiger partial charge in [0, 0.05) is 26.2 Å². The van der Waals surface area contributed by atoms with Crippen LogP contribution >= 0.6 is 0 Å². The molecule has 1 aliphatic heterocycles. The number of ether oxygens (including phenoxy) is 1. The zero-order valence-corrected chi connectivity index (χ0v) is 22.5. The maximum absolute atomic E-state index is 13.6. The van der Waals surface area contributed by atoms with Gasteiger partial charge in [-0.1, -0.05) is 87.9 Å². The summed E-state index contributed by atoms with van der Waals surface area (Å²) in [4.78, 5) is 2.74. The Morgan fingerprint density at radius 2 is 1.42 bits per heavy atom. The van der Waals surface area contributed by atoms with Gasteiger partial charge in [0.05, 0.1) is 17.5 Å². The van der Waals surface area contributed by atoms with E-state index in [1.54, 1.807) is 10.4 Å². The van der Waals surface area contributed by atoms with Gasteiger partial charge in [0.15, 0.2) is 0 Å². The quantitative estimate of drug-likeness (QED) is 0.313. The first kappa shape index (κ1) is 26.4. The van der Waals surface area contributed by atoms with Crippen LogP contribution < -0.4 is 4.74 Å². The fourth-order valence-corrected chi connectivity index (χ4v) is 6.29. The predicted molar refractivity (Wildman–Crippen MR) is 146 cm³/mol. The molecule has 5 nitrogen and oxygen atoms in total. The standard InChI is InChI=1S/C30H38N2O3S/c1-4-5-22-35-29-17-16-27(23-28(29)24(2)3)36(33,34)32-20-18-31(19-21-32)30(25-12-8-6-9-13-25)26-14-10-7-11-15-26/h6-17,23-24,30H,4-5,18-22H2,1-3H3. The van der Waals surface area contributed by atoms with E-state index < -0.39 is 10.0 Å². The third-order valence-corrected chi connectivity index (χ3v) is 8.76. The Balaban J connectivity index is 1.52. The van der Waals surface area contributed by atoms with Crippen LogP contribution in [0.5, 0.6) is 5.75 Å². The Kier molecular flexibility index (Phi) is 8.83. The highest BCUT2D eigenvalue weighted by atomic mass is 32.2. The molecule has 192 valence electrons. The third-order valence-electron chi connectivity index (χ3n) is 6.87. The molecule has 0 amide bonds. The highest BCUT2D eigenvalue weighted by Crippen LogP contribution is 2.33. The lowest BCUT2D eigenvalue weighted by Gasteiger charge is -2.39. The first-order valence-corrected chi connectivity index (χ1v) is 14.5. The summed E-state index contributed by atoms with van der Waals surface area (Å²) in [6.45, 7) is 9.19. The number of nitrogens with zero attached hydrogens (tertiary/aromatic N) is 2. The summed E-state index contributed by atoms with van der Waals surface area (Å²) in [6, 6.07) is 26.4. The maximum atomic E-state index is 13.6. The molecule has 0 unspecified atom stereocenters. The van der Waals surface area contributed by atoms with Crippen molar-refractivity contribution >= 4 is 10.0 Å². The summed E-state index contributed by atoms with van der Waals surface area (Å²) < 4.78 is 34.8. The maximum Gasteiger partial charge on any atom is 0.243 e. The third kappa shape index (κ3) is 6.00. The van der Waals surface area contributed by atoms with Crippen LogP contribution in [0.3, 0.4) is 0 Å². The second-order valence-electron chi connectivity index (χ2n) is 9.72. The van der Waals surface area contributed by atoms with Crippen molar-refractivity contribution in [3.63, 3.8) is 0 Å². The van der Waals surface area contributed by atoms with Gasteiger partial charge in [-0.2, -0.15) is 4.31 Å². The lowest BCUT2D eigenvalue weighted by Crippen LogP contribution is -2.49. The van der Waals surface area contributed by atoms with Crippen LogP contribution in [-0.2, 0) is 10.0 Å². The Hall–Kier alpha value is -2.67. The van der Waals surface area contributed by atoms with Crippen LogP contribution in [-0.4, -0.2) is 50.4 Å². The SMILES string of the molecule is CCCCOc1ccc(S(=O)(=O)N2CCN(C(c3ccccc3)c3ccccc3)CC2)cc1C(C)C. The molecule has 3 aromatic carbocycles. The Morgan fingerprint density at radius 1 is 0.833 bits per heavy atom. The van der Waals surface area contributed by atoms with Crippen LogP contribution in [0.2, 0.25) is 0 Å². The van der Waals surface area contributed by atoms with E-state index in [9.17, 15) is 8.42 Å². The van der Waals surface area contributed by atoms with Crippen molar-refractivity contribution in [3.05, 3.63) is 95.6 Å². The normalized spacial score (nSPS) is 15.5. The fourth-order valence-electron chi connectivity index (χ4n) is 4.83. The van der Waals surface area contributed by atoms with E-state index in [4.69, 9.17) is 4.74 Å². The molecule has 1 saturated heterocycles. The van der Waals surface area contributed by atoms with Gasteiger partial charge in [-0.3, -0.25) is 4.90 Å². The highest BCUT2D eigenvalue weighted by molar-refractivity contribution is 7.89. The molecule has 0 spiro atoms. The van der Waals surface area contributed by atoms with Crippen LogP contribution in [0, 0.1) is 0 Å². The molecular formula is C30H38N2O3S. The molecular weight excluding hydrogens is 468 g/mol. The summed E-state index contributed by atoms with van der Waals surface area (Å²) >= 11 is 0. The highest BCUT2D eigenvalue weighted by Gasteiger charge is 2.32. The minimum atomic E-state index is -3.59. The summed E-state index contributed by atoms with van der Waals surface area (Å²) in [5.74, 6) is 0.960. The molecule has 0 radical (unpaired) electrons.